The molecule has 1 heterocycles. The Balaban J connectivity index is 1.84. The number of thioether (sulfide) groups is 1. The molecule has 0 spiro atoms. The van der Waals surface area contributed by atoms with Crippen LogP contribution in [0.25, 0.3) is 11.4 Å². The van der Waals surface area contributed by atoms with Crippen LogP contribution in [0, 0.1) is 11.3 Å². The average molecular weight is 383 g/mol. The molecule has 0 fully saturated rings. The van der Waals surface area contributed by atoms with E-state index in [-0.39, 0.29) is 0 Å². The molecule has 0 bridgehead atoms. The van der Waals surface area contributed by atoms with Crippen molar-refractivity contribution >= 4 is 23.4 Å². The summed E-state index contributed by atoms with van der Waals surface area (Å²) in [5, 5.41) is 19.1. The molecule has 0 saturated carbocycles. The van der Waals surface area contributed by atoms with Gasteiger partial charge in [0.15, 0.2) is 11.0 Å². The molecule has 0 radical (unpaired) electrons. The van der Waals surface area contributed by atoms with Crippen LogP contribution in [0.3, 0.4) is 0 Å². The molecule has 0 N–H and O–H groups in total. The van der Waals surface area contributed by atoms with Crippen LogP contribution in [0.5, 0.6) is 0 Å². The molecule has 0 aliphatic heterocycles. The third-order valence-electron chi connectivity index (χ3n) is 3.92. The topological polar surface area (TPSA) is 54.5 Å². The lowest BCUT2D eigenvalue weighted by Crippen LogP contribution is -2.04. The summed E-state index contributed by atoms with van der Waals surface area (Å²) in [4.78, 5) is 0. The first-order valence-corrected chi connectivity index (χ1v) is 9.87. The summed E-state index contributed by atoms with van der Waals surface area (Å²) < 4.78 is 2.15. The summed E-state index contributed by atoms with van der Waals surface area (Å²) in [5.74, 6) is 1.76. The summed E-state index contributed by atoms with van der Waals surface area (Å²) in [6, 6.07) is 20.2. The molecule has 26 heavy (non-hydrogen) atoms. The van der Waals surface area contributed by atoms with E-state index in [0.29, 0.717) is 18.0 Å². The van der Waals surface area contributed by atoms with Gasteiger partial charge in [0.25, 0.3) is 0 Å². The monoisotopic (exact) mass is 382 g/mol. The van der Waals surface area contributed by atoms with Crippen molar-refractivity contribution in [1.29, 1.82) is 5.26 Å². The van der Waals surface area contributed by atoms with Crippen LogP contribution in [0.15, 0.2) is 59.8 Å². The van der Waals surface area contributed by atoms with Gasteiger partial charge in [0.2, 0.25) is 0 Å². The maximum absolute atomic E-state index is 8.65. The third-order valence-corrected chi connectivity index (χ3v) is 5.22. The van der Waals surface area contributed by atoms with Crippen molar-refractivity contribution in [2.45, 2.75) is 31.0 Å². The standard InChI is InChI=1S/C20H19ClN4S/c21-18-11-9-17(10-12-18)19-23-24-20(26-14-6-2-5-13-22)25(19)15-16-7-3-1-4-8-16/h1,3-4,7-12H,2,5-6,14-15H2. The molecular weight excluding hydrogens is 364 g/mol. The van der Waals surface area contributed by atoms with E-state index in [4.69, 9.17) is 16.9 Å². The second-order valence-corrected chi connectivity index (χ2v) is 7.35. The predicted molar refractivity (Wildman–Crippen MR) is 106 cm³/mol. The van der Waals surface area contributed by atoms with E-state index in [9.17, 15) is 0 Å². The molecule has 0 aliphatic rings. The zero-order chi connectivity index (χ0) is 18.2. The Labute approximate surface area is 162 Å². The lowest BCUT2D eigenvalue weighted by atomic mass is 10.2. The number of benzene rings is 2. The molecular formula is C20H19ClN4S. The maximum Gasteiger partial charge on any atom is 0.191 e. The highest BCUT2D eigenvalue weighted by Gasteiger charge is 2.14. The zero-order valence-corrected chi connectivity index (χ0v) is 15.9. The van der Waals surface area contributed by atoms with Crippen molar-refractivity contribution in [3.05, 3.63) is 65.2 Å². The molecule has 0 aliphatic carbocycles. The zero-order valence-electron chi connectivity index (χ0n) is 14.3. The highest BCUT2D eigenvalue weighted by Crippen LogP contribution is 2.26. The Morgan fingerprint density at radius 1 is 1.00 bits per heavy atom. The molecule has 132 valence electrons. The largest absolute Gasteiger partial charge is 0.298 e. The number of hydrogen-bond donors (Lipinski definition) is 0. The van der Waals surface area contributed by atoms with Crippen molar-refractivity contribution in [2.75, 3.05) is 5.75 Å². The van der Waals surface area contributed by atoms with Gasteiger partial charge in [0, 0.05) is 22.8 Å². The number of unbranched alkanes of at least 4 members (excludes halogenated alkanes) is 2. The van der Waals surface area contributed by atoms with Crippen LogP contribution in [0.1, 0.15) is 24.8 Å². The number of nitriles is 1. The smallest absolute Gasteiger partial charge is 0.191 e. The number of halogens is 1. The van der Waals surface area contributed by atoms with E-state index < -0.39 is 0 Å². The van der Waals surface area contributed by atoms with E-state index in [2.05, 4.69) is 33.0 Å². The molecule has 1 aromatic heterocycles. The third kappa shape index (κ3) is 4.87. The molecule has 0 amide bonds. The molecule has 3 rings (SSSR count). The van der Waals surface area contributed by atoms with Gasteiger partial charge in [-0.1, -0.05) is 53.7 Å². The number of aromatic nitrogens is 3. The number of nitrogens with zero attached hydrogens (tertiary/aromatic N) is 4. The van der Waals surface area contributed by atoms with Crippen LogP contribution >= 0.6 is 23.4 Å². The van der Waals surface area contributed by atoms with Crippen molar-refractivity contribution in [2.24, 2.45) is 0 Å². The van der Waals surface area contributed by atoms with E-state index in [1.165, 1.54) is 5.56 Å². The van der Waals surface area contributed by atoms with Crippen molar-refractivity contribution in [3.8, 4) is 17.5 Å². The Morgan fingerprint density at radius 3 is 2.50 bits per heavy atom. The normalized spacial score (nSPS) is 10.6. The fraction of sp³-hybridized carbons (Fsp3) is 0.250. The first kappa shape index (κ1) is 18.5. The first-order valence-electron chi connectivity index (χ1n) is 8.51. The van der Waals surface area contributed by atoms with Gasteiger partial charge in [0.05, 0.1) is 12.6 Å². The Morgan fingerprint density at radius 2 is 1.77 bits per heavy atom. The van der Waals surface area contributed by atoms with Crippen LogP contribution in [0.2, 0.25) is 5.02 Å². The van der Waals surface area contributed by atoms with E-state index in [1.54, 1.807) is 11.8 Å². The Hall–Kier alpha value is -2.29. The van der Waals surface area contributed by atoms with E-state index in [0.717, 1.165) is 35.1 Å². The number of rotatable bonds is 8. The molecule has 4 nitrogen and oxygen atoms in total. The van der Waals surface area contributed by atoms with Gasteiger partial charge in [-0.25, -0.2) is 0 Å². The molecule has 0 unspecified atom stereocenters. The second kappa shape index (κ2) is 9.42. The lowest BCUT2D eigenvalue weighted by Gasteiger charge is -2.10. The molecule has 2 aromatic carbocycles. The minimum absolute atomic E-state index is 0.604. The van der Waals surface area contributed by atoms with Gasteiger partial charge >= 0.3 is 0 Å². The minimum Gasteiger partial charge on any atom is -0.298 e. The van der Waals surface area contributed by atoms with Crippen LogP contribution in [0.4, 0.5) is 0 Å². The summed E-state index contributed by atoms with van der Waals surface area (Å²) in [6.45, 7) is 0.715. The Kier molecular flexibility index (Phi) is 6.70. The predicted octanol–water partition coefficient (Wildman–Crippen LogP) is 5.43. The van der Waals surface area contributed by atoms with Crippen LogP contribution in [-0.4, -0.2) is 20.5 Å². The molecule has 3 aromatic rings. The minimum atomic E-state index is 0.604. The molecule has 0 atom stereocenters. The average Bonchev–Trinajstić information content (AvgIpc) is 3.06. The van der Waals surface area contributed by atoms with Gasteiger partial charge in [-0.2, -0.15) is 5.26 Å². The highest BCUT2D eigenvalue weighted by molar-refractivity contribution is 7.99. The fourth-order valence-corrected chi connectivity index (χ4v) is 3.65. The highest BCUT2D eigenvalue weighted by atomic mass is 35.5. The van der Waals surface area contributed by atoms with Crippen molar-refractivity contribution in [1.82, 2.24) is 14.8 Å². The second-order valence-electron chi connectivity index (χ2n) is 5.85. The molecule has 6 heteroatoms. The first-order chi connectivity index (χ1) is 12.8. The van der Waals surface area contributed by atoms with Crippen molar-refractivity contribution < 1.29 is 0 Å². The summed E-state index contributed by atoms with van der Waals surface area (Å²) in [5.41, 5.74) is 2.20. The van der Waals surface area contributed by atoms with Gasteiger partial charge in [0.1, 0.15) is 0 Å². The Bertz CT molecular complexity index is 869. The number of hydrogen-bond acceptors (Lipinski definition) is 4. The van der Waals surface area contributed by atoms with Crippen LogP contribution in [-0.2, 0) is 6.54 Å². The summed E-state index contributed by atoms with van der Waals surface area (Å²) >= 11 is 7.70. The summed E-state index contributed by atoms with van der Waals surface area (Å²) in [7, 11) is 0. The van der Waals surface area contributed by atoms with Gasteiger partial charge in [-0.05, 0) is 42.7 Å². The van der Waals surface area contributed by atoms with E-state index >= 15 is 0 Å². The molecule has 0 saturated heterocycles. The SMILES string of the molecule is N#CCCCCSc1nnc(-c2ccc(Cl)cc2)n1Cc1ccccc1. The van der Waals surface area contributed by atoms with Gasteiger partial charge in [-0.15, -0.1) is 10.2 Å². The summed E-state index contributed by atoms with van der Waals surface area (Å²) in [6.07, 6.45) is 2.51. The quantitative estimate of drug-likeness (QED) is 0.385. The van der Waals surface area contributed by atoms with Crippen molar-refractivity contribution in [3.63, 3.8) is 0 Å². The van der Waals surface area contributed by atoms with Gasteiger partial charge < -0.3 is 0 Å². The maximum atomic E-state index is 8.65. The van der Waals surface area contributed by atoms with Gasteiger partial charge in [-0.3, -0.25) is 4.57 Å². The fourth-order valence-electron chi connectivity index (χ4n) is 2.59. The lowest BCUT2D eigenvalue weighted by molar-refractivity contribution is 0.713. The van der Waals surface area contributed by atoms with E-state index in [1.807, 2.05) is 42.5 Å². The van der Waals surface area contributed by atoms with Crippen LogP contribution < -0.4 is 0 Å².